The lowest BCUT2D eigenvalue weighted by Crippen LogP contribution is -2.05. The molecule has 0 bridgehead atoms. The van der Waals surface area contributed by atoms with Crippen molar-refractivity contribution in [2.75, 3.05) is 13.2 Å². The molecule has 0 unspecified atom stereocenters. The third-order valence-electron chi connectivity index (χ3n) is 3.18. The number of carbonyl (C=O) groups is 1. The van der Waals surface area contributed by atoms with Crippen molar-refractivity contribution in [2.24, 2.45) is 5.92 Å². The largest absolute Gasteiger partial charge is 0.492 e. The Bertz CT molecular complexity index is 777. The summed E-state index contributed by atoms with van der Waals surface area (Å²) in [6, 6.07) is 7.52. The van der Waals surface area contributed by atoms with E-state index >= 15 is 0 Å². The lowest BCUT2D eigenvalue weighted by Gasteiger charge is -2.10. The summed E-state index contributed by atoms with van der Waals surface area (Å²) < 4.78 is 10.7. The van der Waals surface area contributed by atoms with Gasteiger partial charge in [0.25, 0.3) is 0 Å². The van der Waals surface area contributed by atoms with E-state index < -0.39 is 0 Å². The number of thiazole rings is 1. The Kier molecular flexibility index (Phi) is 17.4. The van der Waals surface area contributed by atoms with Gasteiger partial charge in [-0.05, 0) is 38.0 Å². The molecular formula is C24H38N2O3S. The number of hydrogen-bond acceptors (Lipinski definition) is 6. The Balaban J connectivity index is 0. The zero-order valence-electron chi connectivity index (χ0n) is 20.3. The van der Waals surface area contributed by atoms with Crippen LogP contribution in [0.25, 0.3) is 10.6 Å². The van der Waals surface area contributed by atoms with E-state index in [1.807, 2.05) is 47.6 Å². The summed E-state index contributed by atoms with van der Waals surface area (Å²) >= 11 is 1.27. The minimum Gasteiger partial charge on any atom is -0.492 e. The highest BCUT2D eigenvalue weighted by Gasteiger charge is 2.18. The average molecular weight is 435 g/mol. The zero-order chi connectivity index (χ0) is 23.7. The summed E-state index contributed by atoms with van der Waals surface area (Å²) in [5, 5.41) is 10.0. The molecule has 6 heteroatoms. The van der Waals surface area contributed by atoms with Crippen molar-refractivity contribution in [2.45, 2.75) is 69.2 Å². The first-order chi connectivity index (χ1) is 14.5. The highest BCUT2D eigenvalue weighted by atomic mass is 32.1. The summed E-state index contributed by atoms with van der Waals surface area (Å²) in [5.41, 5.74) is 1.87. The van der Waals surface area contributed by atoms with E-state index in [1.54, 1.807) is 26.0 Å². The molecular weight excluding hydrogens is 396 g/mol. The van der Waals surface area contributed by atoms with Gasteiger partial charge in [0.05, 0.1) is 24.5 Å². The van der Waals surface area contributed by atoms with Crippen LogP contribution in [0.4, 0.5) is 0 Å². The van der Waals surface area contributed by atoms with E-state index in [1.165, 1.54) is 11.3 Å². The van der Waals surface area contributed by atoms with Gasteiger partial charge in [-0.15, -0.1) is 11.3 Å². The van der Waals surface area contributed by atoms with Gasteiger partial charge in [0, 0.05) is 5.56 Å². The van der Waals surface area contributed by atoms with Gasteiger partial charge in [-0.25, -0.2) is 9.78 Å². The number of hydrogen-bond donors (Lipinski definition) is 0. The van der Waals surface area contributed by atoms with E-state index in [-0.39, 0.29) is 5.97 Å². The summed E-state index contributed by atoms with van der Waals surface area (Å²) in [5.74, 6) is 0.579. The molecule has 5 nitrogen and oxygen atoms in total. The van der Waals surface area contributed by atoms with Crippen molar-refractivity contribution >= 4 is 17.3 Å². The fraction of sp³-hybridized carbons (Fsp3) is 0.542. The van der Waals surface area contributed by atoms with Gasteiger partial charge in [-0.2, -0.15) is 5.26 Å². The van der Waals surface area contributed by atoms with Gasteiger partial charge in [0.15, 0.2) is 0 Å². The molecule has 0 N–H and O–H groups in total. The number of aromatic nitrogens is 1. The maximum absolute atomic E-state index is 11.9. The summed E-state index contributed by atoms with van der Waals surface area (Å²) in [7, 11) is 0. The Hall–Kier alpha value is -2.39. The van der Waals surface area contributed by atoms with Crippen LogP contribution in [0.3, 0.4) is 0 Å². The number of nitrogens with zero attached hydrogens (tertiary/aromatic N) is 2. The van der Waals surface area contributed by atoms with E-state index in [0.717, 1.165) is 5.56 Å². The van der Waals surface area contributed by atoms with Crippen LogP contribution in [0.1, 0.15) is 83.2 Å². The monoisotopic (exact) mass is 434 g/mol. The van der Waals surface area contributed by atoms with Crippen molar-refractivity contribution in [1.82, 2.24) is 4.98 Å². The van der Waals surface area contributed by atoms with Crippen molar-refractivity contribution < 1.29 is 14.3 Å². The number of ether oxygens (including phenoxy) is 2. The van der Waals surface area contributed by atoms with Crippen LogP contribution in [0.15, 0.2) is 18.2 Å². The Morgan fingerprint density at radius 2 is 1.77 bits per heavy atom. The van der Waals surface area contributed by atoms with E-state index in [9.17, 15) is 10.1 Å². The lowest BCUT2D eigenvalue weighted by atomic mass is 10.1. The van der Waals surface area contributed by atoms with Crippen LogP contribution >= 0.6 is 11.3 Å². The quantitative estimate of drug-likeness (QED) is 0.447. The van der Waals surface area contributed by atoms with Crippen LogP contribution in [0.5, 0.6) is 5.75 Å². The molecule has 0 saturated carbocycles. The maximum Gasteiger partial charge on any atom is 0.350 e. The molecule has 1 aromatic carbocycles. The molecule has 0 aliphatic carbocycles. The highest BCUT2D eigenvalue weighted by Crippen LogP contribution is 2.31. The first kappa shape index (κ1) is 29.8. The Morgan fingerprint density at radius 1 is 1.17 bits per heavy atom. The van der Waals surface area contributed by atoms with Crippen LogP contribution in [0, 0.1) is 24.2 Å². The molecule has 2 aromatic rings. The Morgan fingerprint density at radius 3 is 2.27 bits per heavy atom. The summed E-state index contributed by atoms with van der Waals surface area (Å²) in [6.45, 7) is 20.5. The first-order valence-electron chi connectivity index (χ1n) is 10.8. The summed E-state index contributed by atoms with van der Waals surface area (Å²) in [4.78, 5) is 16.8. The second kappa shape index (κ2) is 17.5. The smallest absolute Gasteiger partial charge is 0.350 e. The number of rotatable bonds is 6. The number of benzene rings is 1. The van der Waals surface area contributed by atoms with Gasteiger partial charge in [0.2, 0.25) is 0 Å². The van der Waals surface area contributed by atoms with Gasteiger partial charge >= 0.3 is 5.97 Å². The molecule has 2 rings (SSSR count). The highest BCUT2D eigenvalue weighted by molar-refractivity contribution is 7.17. The van der Waals surface area contributed by atoms with E-state index in [0.29, 0.717) is 46.0 Å². The molecule has 0 fully saturated rings. The van der Waals surface area contributed by atoms with Crippen molar-refractivity contribution in [3.8, 4) is 22.4 Å². The third-order valence-corrected chi connectivity index (χ3v) is 4.36. The normalized spacial score (nSPS) is 9.00. The van der Waals surface area contributed by atoms with Gasteiger partial charge in [-0.1, -0.05) is 55.4 Å². The maximum atomic E-state index is 11.9. The average Bonchev–Trinajstić information content (AvgIpc) is 3.18. The minimum absolute atomic E-state index is 0.325. The van der Waals surface area contributed by atoms with Crippen molar-refractivity contribution in [1.29, 1.82) is 5.26 Å². The Labute approximate surface area is 187 Å². The molecule has 0 radical (unpaired) electrons. The molecule has 0 spiro atoms. The molecule has 1 aromatic heterocycles. The molecule has 0 amide bonds. The SMILES string of the molecule is CC.CC.CC.CCOC(=O)c1sc(-c2ccc(OCC(C)C)c(C#N)c2)nc1C. The zero-order valence-corrected chi connectivity index (χ0v) is 21.1. The van der Waals surface area contributed by atoms with Crippen LogP contribution in [-0.2, 0) is 4.74 Å². The minimum atomic E-state index is -0.365. The summed E-state index contributed by atoms with van der Waals surface area (Å²) in [6.07, 6.45) is 0. The molecule has 0 aliphatic rings. The molecule has 0 aliphatic heterocycles. The fourth-order valence-corrected chi connectivity index (χ4v) is 2.99. The molecule has 1 heterocycles. The second-order valence-corrected chi connectivity index (χ2v) is 6.68. The predicted octanol–water partition coefficient (Wildman–Crippen LogP) is 7.28. The standard InChI is InChI=1S/C18H20N2O3S.3C2H6/c1-5-22-18(21)16-12(4)20-17(24-16)13-6-7-15(14(8-13)9-19)23-10-11(2)3;3*1-2/h6-8,11H,5,10H2,1-4H3;3*1-2H3. The van der Waals surface area contributed by atoms with Gasteiger partial charge in [-0.3, -0.25) is 0 Å². The van der Waals surface area contributed by atoms with Crippen LogP contribution in [-0.4, -0.2) is 24.2 Å². The van der Waals surface area contributed by atoms with Crippen LogP contribution in [0.2, 0.25) is 0 Å². The molecule has 0 atom stereocenters. The number of carbonyl (C=O) groups excluding carboxylic acids is 1. The first-order valence-corrected chi connectivity index (χ1v) is 11.6. The molecule has 0 saturated heterocycles. The van der Waals surface area contributed by atoms with E-state index in [4.69, 9.17) is 9.47 Å². The third kappa shape index (κ3) is 9.41. The molecule has 168 valence electrons. The number of esters is 1. The number of aryl methyl sites for hydroxylation is 1. The van der Waals surface area contributed by atoms with Crippen LogP contribution < -0.4 is 4.74 Å². The lowest BCUT2D eigenvalue weighted by molar-refractivity contribution is 0.0531. The van der Waals surface area contributed by atoms with Crippen molar-refractivity contribution in [3.05, 3.63) is 34.3 Å². The molecule has 30 heavy (non-hydrogen) atoms. The van der Waals surface area contributed by atoms with Gasteiger partial charge < -0.3 is 9.47 Å². The van der Waals surface area contributed by atoms with E-state index in [2.05, 4.69) is 24.9 Å². The van der Waals surface area contributed by atoms with Crippen molar-refractivity contribution in [3.63, 3.8) is 0 Å². The predicted molar refractivity (Wildman–Crippen MR) is 127 cm³/mol. The topological polar surface area (TPSA) is 72.2 Å². The number of nitriles is 1. The second-order valence-electron chi connectivity index (χ2n) is 5.68. The van der Waals surface area contributed by atoms with Gasteiger partial charge in [0.1, 0.15) is 21.7 Å². The fourth-order valence-electron chi connectivity index (χ4n) is 2.04.